The molecule has 2 nitrogen and oxygen atoms in total. The van der Waals surface area contributed by atoms with Crippen LogP contribution < -0.4 is 5.32 Å². The Morgan fingerprint density at radius 1 is 1.22 bits per heavy atom. The molecule has 0 spiro atoms. The van der Waals surface area contributed by atoms with Crippen LogP contribution in [-0.2, 0) is 0 Å². The lowest BCUT2D eigenvalue weighted by molar-refractivity contribution is 0.0927. The van der Waals surface area contributed by atoms with E-state index in [1.165, 1.54) is 0 Å². The Labute approximate surface area is 104 Å². The van der Waals surface area contributed by atoms with E-state index in [9.17, 15) is 18.0 Å². The van der Waals surface area contributed by atoms with Crippen molar-refractivity contribution < 1.29 is 18.0 Å². The topological polar surface area (TPSA) is 29.1 Å². The van der Waals surface area contributed by atoms with Gasteiger partial charge in [0, 0.05) is 11.6 Å². The smallest absolute Gasteiger partial charge is 0.251 e. The number of hydrogen-bond donors (Lipinski definition) is 1. The molecule has 0 heterocycles. The molecular weight excluding hydrogens is 243 g/mol. The van der Waals surface area contributed by atoms with Crippen molar-refractivity contribution >= 4 is 5.91 Å². The Bertz CT molecular complexity index is 425. The fraction of sp³-hybridized carbons (Fsp3) is 0.462. The quantitative estimate of drug-likeness (QED) is 0.826. The zero-order valence-corrected chi connectivity index (χ0v) is 10.6. The SMILES string of the molecule is CCC(C)C(C)NC(=O)c1cc(F)c(F)c(F)c1. The minimum atomic E-state index is -1.57. The molecule has 0 saturated carbocycles. The summed E-state index contributed by atoms with van der Waals surface area (Å²) in [7, 11) is 0. The largest absolute Gasteiger partial charge is 0.349 e. The number of rotatable bonds is 4. The lowest BCUT2D eigenvalue weighted by atomic mass is 10.0. The van der Waals surface area contributed by atoms with E-state index in [0.29, 0.717) is 12.1 Å². The molecule has 0 fully saturated rings. The third kappa shape index (κ3) is 3.24. The summed E-state index contributed by atoms with van der Waals surface area (Å²) < 4.78 is 38.7. The van der Waals surface area contributed by atoms with Gasteiger partial charge in [-0.25, -0.2) is 13.2 Å². The van der Waals surface area contributed by atoms with Crippen molar-refractivity contribution in [3.8, 4) is 0 Å². The van der Waals surface area contributed by atoms with Crippen LogP contribution in [0.4, 0.5) is 13.2 Å². The predicted molar refractivity (Wildman–Crippen MR) is 62.7 cm³/mol. The summed E-state index contributed by atoms with van der Waals surface area (Å²) in [5.74, 6) is -4.67. The second-order valence-corrected chi connectivity index (χ2v) is 4.40. The molecule has 0 bridgehead atoms. The number of halogens is 3. The van der Waals surface area contributed by atoms with E-state index in [1.807, 2.05) is 20.8 Å². The molecule has 2 atom stereocenters. The molecule has 100 valence electrons. The van der Waals surface area contributed by atoms with Gasteiger partial charge in [0.25, 0.3) is 5.91 Å². The highest BCUT2D eigenvalue weighted by atomic mass is 19.2. The summed E-state index contributed by atoms with van der Waals surface area (Å²) in [4.78, 5) is 11.7. The minimum Gasteiger partial charge on any atom is -0.349 e. The second kappa shape index (κ2) is 5.89. The molecule has 1 N–H and O–H groups in total. The van der Waals surface area contributed by atoms with E-state index in [1.54, 1.807) is 0 Å². The molecule has 2 unspecified atom stereocenters. The van der Waals surface area contributed by atoms with Crippen LogP contribution in [0.15, 0.2) is 12.1 Å². The number of hydrogen-bond acceptors (Lipinski definition) is 1. The van der Waals surface area contributed by atoms with Crippen LogP contribution in [0.2, 0.25) is 0 Å². The molecule has 0 aliphatic rings. The summed E-state index contributed by atoms with van der Waals surface area (Å²) >= 11 is 0. The van der Waals surface area contributed by atoms with Crippen molar-refractivity contribution in [2.45, 2.75) is 33.2 Å². The van der Waals surface area contributed by atoms with Gasteiger partial charge in [-0.1, -0.05) is 20.3 Å². The van der Waals surface area contributed by atoms with Crippen LogP contribution in [-0.4, -0.2) is 11.9 Å². The standard InChI is InChI=1S/C13H16F3NO/c1-4-7(2)8(3)17-13(18)9-5-10(14)12(16)11(15)6-9/h5-8H,4H2,1-3H3,(H,17,18). The summed E-state index contributed by atoms with van der Waals surface area (Å²) in [6.45, 7) is 5.74. The first-order chi connectivity index (χ1) is 8.36. The number of amides is 1. The lowest BCUT2D eigenvalue weighted by Crippen LogP contribution is -2.37. The van der Waals surface area contributed by atoms with Crippen LogP contribution in [0.5, 0.6) is 0 Å². The maximum atomic E-state index is 13.0. The molecule has 5 heteroatoms. The molecule has 1 rings (SSSR count). The molecule has 0 aliphatic heterocycles. The molecule has 0 aromatic heterocycles. The van der Waals surface area contributed by atoms with Gasteiger partial charge in [-0.15, -0.1) is 0 Å². The fourth-order valence-corrected chi connectivity index (χ4v) is 1.47. The van der Waals surface area contributed by atoms with Crippen molar-refractivity contribution in [3.05, 3.63) is 35.1 Å². The zero-order chi connectivity index (χ0) is 13.9. The van der Waals surface area contributed by atoms with Crippen molar-refractivity contribution in [1.82, 2.24) is 5.32 Å². The van der Waals surface area contributed by atoms with Crippen molar-refractivity contribution in [3.63, 3.8) is 0 Å². The maximum absolute atomic E-state index is 13.0. The normalized spacial score (nSPS) is 14.1. The van der Waals surface area contributed by atoms with Crippen LogP contribution in [0.25, 0.3) is 0 Å². The molecule has 1 aromatic carbocycles. The molecule has 1 aromatic rings. The summed E-state index contributed by atoms with van der Waals surface area (Å²) in [6.07, 6.45) is 0.869. The van der Waals surface area contributed by atoms with Crippen molar-refractivity contribution in [1.29, 1.82) is 0 Å². The van der Waals surface area contributed by atoms with E-state index in [2.05, 4.69) is 5.32 Å². The molecule has 1 amide bonds. The van der Waals surface area contributed by atoms with Gasteiger partial charge >= 0.3 is 0 Å². The van der Waals surface area contributed by atoms with Crippen LogP contribution in [0, 0.1) is 23.4 Å². The highest BCUT2D eigenvalue weighted by molar-refractivity contribution is 5.94. The number of carbonyl (C=O) groups is 1. The fourth-order valence-electron chi connectivity index (χ4n) is 1.47. The van der Waals surface area contributed by atoms with Gasteiger partial charge in [0.05, 0.1) is 0 Å². The maximum Gasteiger partial charge on any atom is 0.251 e. The third-order valence-electron chi connectivity index (χ3n) is 3.10. The monoisotopic (exact) mass is 259 g/mol. The van der Waals surface area contributed by atoms with Gasteiger partial charge in [0.2, 0.25) is 0 Å². The molecule has 0 saturated heterocycles. The molecule has 0 radical (unpaired) electrons. The second-order valence-electron chi connectivity index (χ2n) is 4.40. The summed E-state index contributed by atoms with van der Waals surface area (Å²) in [6, 6.07) is 1.26. The first-order valence-corrected chi connectivity index (χ1v) is 5.82. The average molecular weight is 259 g/mol. The summed E-state index contributed by atoms with van der Waals surface area (Å²) in [5, 5.41) is 2.63. The zero-order valence-electron chi connectivity index (χ0n) is 10.6. The summed E-state index contributed by atoms with van der Waals surface area (Å²) in [5.41, 5.74) is -0.221. The van der Waals surface area contributed by atoms with Crippen LogP contribution >= 0.6 is 0 Å². The van der Waals surface area contributed by atoms with E-state index < -0.39 is 23.4 Å². The number of nitrogens with one attached hydrogen (secondary N) is 1. The van der Waals surface area contributed by atoms with Gasteiger partial charge in [-0.2, -0.15) is 0 Å². The number of carbonyl (C=O) groups excluding carboxylic acids is 1. The Kier molecular flexibility index (Phi) is 4.76. The predicted octanol–water partition coefficient (Wildman–Crippen LogP) is 3.27. The van der Waals surface area contributed by atoms with Crippen LogP contribution in [0.1, 0.15) is 37.6 Å². The Morgan fingerprint density at radius 2 is 1.72 bits per heavy atom. The van der Waals surface area contributed by atoms with Gasteiger partial charge < -0.3 is 5.32 Å². The van der Waals surface area contributed by atoms with Gasteiger partial charge in [-0.3, -0.25) is 4.79 Å². The lowest BCUT2D eigenvalue weighted by Gasteiger charge is -2.19. The molecule has 0 aliphatic carbocycles. The highest BCUT2D eigenvalue weighted by Crippen LogP contribution is 2.14. The van der Waals surface area contributed by atoms with E-state index >= 15 is 0 Å². The van der Waals surface area contributed by atoms with Crippen molar-refractivity contribution in [2.75, 3.05) is 0 Å². The van der Waals surface area contributed by atoms with Gasteiger partial charge in [0.1, 0.15) is 0 Å². The van der Waals surface area contributed by atoms with Crippen LogP contribution in [0.3, 0.4) is 0 Å². The number of benzene rings is 1. The Hall–Kier alpha value is -1.52. The average Bonchev–Trinajstić information content (AvgIpc) is 2.33. The van der Waals surface area contributed by atoms with E-state index in [4.69, 9.17) is 0 Å². The molecule has 18 heavy (non-hydrogen) atoms. The van der Waals surface area contributed by atoms with Gasteiger partial charge in [0.15, 0.2) is 17.5 Å². The minimum absolute atomic E-state index is 0.126. The van der Waals surface area contributed by atoms with Gasteiger partial charge in [-0.05, 0) is 25.0 Å². The Morgan fingerprint density at radius 3 is 2.17 bits per heavy atom. The van der Waals surface area contributed by atoms with Crippen molar-refractivity contribution in [2.24, 2.45) is 5.92 Å². The third-order valence-corrected chi connectivity index (χ3v) is 3.10. The molecular formula is C13H16F3NO. The first-order valence-electron chi connectivity index (χ1n) is 5.82. The Balaban J connectivity index is 2.85. The van der Waals surface area contributed by atoms with E-state index in [-0.39, 0.29) is 17.5 Å². The highest BCUT2D eigenvalue weighted by Gasteiger charge is 2.18. The van der Waals surface area contributed by atoms with E-state index in [0.717, 1.165) is 6.42 Å². The first kappa shape index (κ1) is 14.5.